The highest BCUT2D eigenvalue weighted by molar-refractivity contribution is 5.77. The van der Waals surface area contributed by atoms with Crippen LogP contribution in [-0.4, -0.2) is 46.9 Å². The number of unbranched alkanes of at least 4 members (excludes halogenated alkanes) is 30. The van der Waals surface area contributed by atoms with Gasteiger partial charge in [-0.05, 0) is 70.6 Å². The number of esters is 1. The number of aliphatic hydroxyl groups is 2. The number of nitrogens with one attached hydrogen (secondary N) is 1. The van der Waals surface area contributed by atoms with Gasteiger partial charge < -0.3 is 20.3 Å². The third kappa shape index (κ3) is 44.5. The lowest BCUT2D eigenvalue weighted by Gasteiger charge is -2.24. The van der Waals surface area contributed by atoms with Crippen molar-refractivity contribution in [1.82, 2.24) is 5.32 Å². The topological polar surface area (TPSA) is 95.9 Å². The van der Waals surface area contributed by atoms with Crippen LogP contribution in [0.25, 0.3) is 0 Å². The number of carbonyl (C=O) groups is 2. The minimum atomic E-state index is -0.797. The molecule has 0 aliphatic rings. The molecule has 3 N–H and O–H groups in total. The van der Waals surface area contributed by atoms with Gasteiger partial charge in [0.1, 0.15) is 6.10 Å². The summed E-state index contributed by atoms with van der Waals surface area (Å²) >= 11 is 0. The van der Waals surface area contributed by atoms with E-state index in [0.29, 0.717) is 25.7 Å². The van der Waals surface area contributed by atoms with Crippen LogP contribution in [0.2, 0.25) is 0 Å². The minimum absolute atomic E-state index is 0.0519. The van der Waals surface area contributed by atoms with Gasteiger partial charge in [0.25, 0.3) is 0 Å². The zero-order valence-corrected chi connectivity index (χ0v) is 40.8. The second-order valence-electron chi connectivity index (χ2n) is 18.3. The van der Waals surface area contributed by atoms with Crippen molar-refractivity contribution in [2.45, 2.75) is 296 Å². The van der Waals surface area contributed by atoms with Gasteiger partial charge in [0.2, 0.25) is 5.91 Å². The van der Waals surface area contributed by atoms with Crippen molar-refractivity contribution in [3.05, 3.63) is 36.5 Å². The predicted molar refractivity (Wildman–Crippen MR) is 264 cm³/mol. The normalized spacial score (nSPS) is 13.5. The number of hydrogen-bond donors (Lipinski definition) is 3. The van der Waals surface area contributed by atoms with E-state index in [4.69, 9.17) is 4.74 Å². The Kier molecular flexibility index (Phi) is 47.6. The molecule has 3 unspecified atom stereocenters. The van der Waals surface area contributed by atoms with E-state index in [-0.39, 0.29) is 24.9 Å². The lowest BCUT2D eigenvalue weighted by Crippen LogP contribution is -2.46. The fourth-order valence-electron chi connectivity index (χ4n) is 8.13. The lowest BCUT2D eigenvalue weighted by molar-refractivity contribution is -0.150. The van der Waals surface area contributed by atoms with E-state index in [1.54, 1.807) is 0 Å². The van der Waals surface area contributed by atoms with Crippen LogP contribution in [0.5, 0.6) is 0 Å². The highest BCUT2D eigenvalue weighted by Crippen LogP contribution is 2.18. The van der Waals surface area contributed by atoms with E-state index >= 15 is 0 Å². The number of ether oxygens (including phenoxy) is 1. The Hall–Kier alpha value is -1.92. The summed E-state index contributed by atoms with van der Waals surface area (Å²) in [7, 11) is 0. The average molecular weight is 858 g/mol. The van der Waals surface area contributed by atoms with Crippen LogP contribution in [0.1, 0.15) is 278 Å². The Morgan fingerprint density at radius 1 is 0.475 bits per heavy atom. The first-order valence-corrected chi connectivity index (χ1v) is 26.7. The quantitative estimate of drug-likeness (QED) is 0.0322. The molecule has 6 nitrogen and oxygen atoms in total. The van der Waals surface area contributed by atoms with E-state index in [2.05, 4.69) is 56.5 Å². The van der Waals surface area contributed by atoms with Crippen LogP contribution in [0, 0.1) is 0 Å². The zero-order chi connectivity index (χ0) is 44.5. The predicted octanol–water partition coefficient (Wildman–Crippen LogP) is 16.1. The molecule has 0 aliphatic carbocycles. The van der Waals surface area contributed by atoms with Crippen molar-refractivity contribution in [2.75, 3.05) is 6.61 Å². The molecule has 0 aromatic rings. The van der Waals surface area contributed by atoms with Gasteiger partial charge in [-0.25, -0.2) is 0 Å². The number of allylic oxidation sites excluding steroid dienone is 6. The van der Waals surface area contributed by atoms with Crippen LogP contribution < -0.4 is 5.32 Å². The summed E-state index contributed by atoms with van der Waals surface area (Å²) in [4.78, 5) is 26.1. The van der Waals surface area contributed by atoms with Crippen molar-refractivity contribution in [3.8, 4) is 0 Å². The molecule has 0 bridgehead atoms. The third-order valence-corrected chi connectivity index (χ3v) is 12.2. The minimum Gasteiger partial charge on any atom is -0.462 e. The summed E-state index contributed by atoms with van der Waals surface area (Å²) in [6.45, 7) is 6.46. The smallest absolute Gasteiger partial charge is 0.306 e. The van der Waals surface area contributed by atoms with Crippen molar-refractivity contribution in [1.29, 1.82) is 0 Å². The molecule has 0 aromatic heterocycles. The zero-order valence-electron chi connectivity index (χ0n) is 40.8. The average Bonchev–Trinajstić information content (AvgIpc) is 3.25. The second-order valence-corrected chi connectivity index (χ2v) is 18.3. The van der Waals surface area contributed by atoms with Gasteiger partial charge in [-0.15, -0.1) is 0 Å². The molecule has 1 amide bonds. The monoisotopic (exact) mass is 858 g/mol. The molecule has 358 valence electrons. The number of rotatable bonds is 48. The summed E-state index contributed by atoms with van der Waals surface area (Å²) in [5.74, 6) is -0.554. The molecular formula is C55H103NO5. The summed E-state index contributed by atoms with van der Waals surface area (Å²) in [6.07, 6.45) is 57.8. The van der Waals surface area contributed by atoms with Crippen molar-refractivity contribution < 1.29 is 24.5 Å². The molecule has 0 rings (SSSR count). The summed E-state index contributed by atoms with van der Waals surface area (Å²) in [5.41, 5.74) is 0. The van der Waals surface area contributed by atoms with Gasteiger partial charge >= 0.3 is 5.97 Å². The Morgan fingerprint density at radius 2 is 0.836 bits per heavy atom. The van der Waals surface area contributed by atoms with E-state index in [0.717, 1.165) is 57.8 Å². The summed E-state index contributed by atoms with van der Waals surface area (Å²) in [5, 5.41) is 23.8. The van der Waals surface area contributed by atoms with Gasteiger partial charge in [-0.2, -0.15) is 0 Å². The standard InChI is InChI=1S/C55H103NO5/c1-4-7-10-13-16-19-22-25-26-27-30-32-35-38-41-44-47-53(58)52(50-57)56-54(59)49-51(46-43-40-37-34-31-28-23-20-17-14-11-8-5-2)61-55(60)48-45-42-39-36-33-29-24-21-18-15-12-9-6-3/h20,23,29,33,39,42,51-53,57-58H,4-19,21-22,24-28,30-32,34-38,40-41,43-50H2,1-3H3,(H,56,59)/b23-20-,33-29-,42-39+. The molecule has 0 spiro atoms. The fraction of sp³-hybridized carbons (Fsp3) is 0.855. The summed E-state index contributed by atoms with van der Waals surface area (Å²) < 4.78 is 5.89. The molecule has 0 saturated carbocycles. The molecule has 0 radical (unpaired) electrons. The fourth-order valence-corrected chi connectivity index (χ4v) is 8.13. The highest BCUT2D eigenvalue weighted by atomic mass is 16.5. The number of aliphatic hydroxyl groups excluding tert-OH is 2. The van der Waals surface area contributed by atoms with Gasteiger partial charge in [-0.1, -0.05) is 231 Å². The van der Waals surface area contributed by atoms with E-state index < -0.39 is 18.2 Å². The van der Waals surface area contributed by atoms with Crippen molar-refractivity contribution in [2.24, 2.45) is 0 Å². The van der Waals surface area contributed by atoms with Crippen molar-refractivity contribution >= 4 is 11.9 Å². The molecule has 3 atom stereocenters. The first-order valence-electron chi connectivity index (χ1n) is 26.7. The van der Waals surface area contributed by atoms with Gasteiger partial charge in [0, 0.05) is 6.42 Å². The molecule has 0 saturated heterocycles. The van der Waals surface area contributed by atoms with E-state index in [1.807, 2.05) is 6.08 Å². The first-order chi connectivity index (χ1) is 30.0. The molecule has 0 aromatic carbocycles. The van der Waals surface area contributed by atoms with Crippen LogP contribution in [0.15, 0.2) is 36.5 Å². The van der Waals surface area contributed by atoms with Crippen LogP contribution in [0.4, 0.5) is 0 Å². The number of hydrogen-bond acceptors (Lipinski definition) is 5. The maximum atomic E-state index is 13.2. The second kappa shape index (κ2) is 49.1. The van der Waals surface area contributed by atoms with Crippen LogP contribution in [0.3, 0.4) is 0 Å². The van der Waals surface area contributed by atoms with E-state index in [1.165, 1.54) is 167 Å². The van der Waals surface area contributed by atoms with E-state index in [9.17, 15) is 19.8 Å². The Labute approximate surface area is 379 Å². The maximum Gasteiger partial charge on any atom is 0.306 e. The number of carbonyl (C=O) groups excluding carboxylic acids is 2. The van der Waals surface area contributed by atoms with Gasteiger partial charge in [-0.3, -0.25) is 9.59 Å². The highest BCUT2D eigenvalue weighted by Gasteiger charge is 2.24. The lowest BCUT2D eigenvalue weighted by atomic mass is 10.0. The largest absolute Gasteiger partial charge is 0.462 e. The van der Waals surface area contributed by atoms with Crippen LogP contribution in [-0.2, 0) is 14.3 Å². The first kappa shape index (κ1) is 59.1. The maximum absolute atomic E-state index is 13.2. The van der Waals surface area contributed by atoms with Crippen molar-refractivity contribution in [3.63, 3.8) is 0 Å². The molecule has 61 heavy (non-hydrogen) atoms. The number of amides is 1. The Morgan fingerprint density at radius 3 is 1.28 bits per heavy atom. The summed E-state index contributed by atoms with van der Waals surface area (Å²) in [6, 6.07) is -0.712. The molecule has 6 heteroatoms. The molecule has 0 heterocycles. The van der Waals surface area contributed by atoms with Gasteiger partial charge in [0.05, 0.1) is 25.2 Å². The van der Waals surface area contributed by atoms with Crippen LogP contribution >= 0.6 is 0 Å². The molecular weight excluding hydrogens is 755 g/mol. The third-order valence-electron chi connectivity index (χ3n) is 12.2. The molecule has 0 fully saturated rings. The Bertz CT molecular complexity index is 1010. The Balaban J connectivity index is 4.58. The van der Waals surface area contributed by atoms with Gasteiger partial charge in [0.15, 0.2) is 0 Å². The SMILES string of the molecule is CCCCCC/C=C\CCCCCCCC(CC(=O)NC(CO)C(O)CCCCCCCCCCCCCCCCCC)OC(=O)CC/C=C/C/C=C\CCCCCCCC. The molecule has 0 aliphatic heterocycles.